The Hall–Kier alpha value is -1.94. The Morgan fingerprint density at radius 1 is 1.35 bits per heavy atom. The van der Waals surface area contributed by atoms with Crippen molar-refractivity contribution in [2.45, 2.75) is 52.1 Å². The number of benzene rings is 1. The average Bonchev–Trinajstić information content (AvgIpc) is 2.97. The van der Waals surface area contributed by atoms with Crippen LogP contribution in [0.1, 0.15) is 50.3 Å². The highest BCUT2D eigenvalue weighted by Crippen LogP contribution is 2.17. The van der Waals surface area contributed by atoms with Crippen molar-refractivity contribution in [2.24, 2.45) is 0 Å². The van der Waals surface area contributed by atoms with Crippen LogP contribution in [0.2, 0.25) is 0 Å². The highest BCUT2D eigenvalue weighted by Gasteiger charge is 2.21. The molecule has 1 N–H and O–H groups in total. The monoisotopic (exact) mass is 310 g/mol. The van der Waals surface area contributed by atoms with Gasteiger partial charge in [-0.2, -0.15) is 5.10 Å². The van der Waals surface area contributed by atoms with Gasteiger partial charge in [0.25, 0.3) is 0 Å². The number of nitrogens with one attached hydrogen (secondary N) is 1. The van der Waals surface area contributed by atoms with Crippen molar-refractivity contribution in [3.63, 3.8) is 0 Å². The Bertz CT molecular complexity index is 670. The minimum atomic E-state index is 0.399. The van der Waals surface area contributed by atoms with E-state index in [0.29, 0.717) is 12.0 Å². The van der Waals surface area contributed by atoms with Crippen molar-refractivity contribution in [1.82, 2.24) is 20.1 Å². The van der Waals surface area contributed by atoms with E-state index in [1.807, 2.05) is 6.07 Å². The van der Waals surface area contributed by atoms with Gasteiger partial charge in [-0.25, -0.2) is 9.67 Å². The van der Waals surface area contributed by atoms with Crippen LogP contribution in [-0.4, -0.2) is 27.4 Å². The molecule has 23 heavy (non-hydrogen) atoms. The first-order chi connectivity index (χ1) is 11.1. The fourth-order valence-electron chi connectivity index (χ4n) is 2.93. The number of rotatable bonds is 5. The lowest BCUT2D eigenvalue weighted by Gasteiger charge is -2.23. The summed E-state index contributed by atoms with van der Waals surface area (Å²) in [6.45, 7) is 8.32. The number of aryl methyl sites for hydroxylation is 1. The number of nitrogens with zero attached hydrogens (tertiary/aromatic N) is 3. The molecule has 0 amide bonds. The lowest BCUT2D eigenvalue weighted by atomic mass is 10.1. The van der Waals surface area contributed by atoms with Crippen molar-refractivity contribution in [3.8, 4) is 0 Å². The molecule has 1 atom stereocenters. The third kappa shape index (κ3) is 4.08. The van der Waals surface area contributed by atoms with E-state index < -0.39 is 0 Å². The molecular formula is C19H26N4. The van der Waals surface area contributed by atoms with Crippen molar-refractivity contribution in [1.29, 1.82) is 0 Å². The number of fused-ring (bicyclic) bond motifs is 1. The first-order valence-electron chi connectivity index (χ1n) is 8.51. The van der Waals surface area contributed by atoms with E-state index in [4.69, 9.17) is 0 Å². The second-order valence-corrected chi connectivity index (χ2v) is 6.74. The third-order valence-corrected chi connectivity index (χ3v) is 4.27. The molecular weight excluding hydrogens is 284 g/mol. The summed E-state index contributed by atoms with van der Waals surface area (Å²) in [4.78, 5) is 4.65. The number of hydrogen-bond acceptors (Lipinski definition) is 3. The summed E-state index contributed by atoms with van der Waals surface area (Å²) in [6.07, 6.45) is 4.39. The lowest BCUT2D eigenvalue weighted by molar-refractivity contribution is 0.367. The first-order valence-corrected chi connectivity index (χ1v) is 8.51. The zero-order valence-electron chi connectivity index (χ0n) is 14.3. The van der Waals surface area contributed by atoms with E-state index in [-0.39, 0.29) is 0 Å². The zero-order chi connectivity index (χ0) is 16.2. The number of hydrogen-bond donors (Lipinski definition) is 1. The van der Waals surface area contributed by atoms with Crippen LogP contribution in [0.15, 0.2) is 35.9 Å². The van der Waals surface area contributed by atoms with Gasteiger partial charge in [0.1, 0.15) is 5.82 Å². The second kappa shape index (κ2) is 7.09. The highest BCUT2D eigenvalue weighted by atomic mass is 15.4. The van der Waals surface area contributed by atoms with Crippen LogP contribution in [-0.2, 0) is 13.0 Å². The maximum atomic E-state index is 4.65. The SMILES string of the molecule is C/C(=C\c1ccccc1)CNC1CCc2nc(C(C)C)nn2C1. The molecule has 0 saturated heterocycles. The summed E-state index contributed by atoms with van der Waals surface area (Å²) in [7, 11) is 0. The van der Waals surface area contributed by atoms with E-state index in [1.165, 1.54) is 11.1 Å². The van der Waals surface area contributed by atoms with Gasteiger partial charge in [0.15, 0.2) is 5.82 Å². The standard InChI is InChI=1S/C19H26N4/c1-14(2)19-21-18-10-9-17(13-23(18)22-19)20-12-15(3)11-16-7-5-4-6-8-16/h4-8,11,14,17,20H,9-10,12-13H2,1-3H3/b15-11+. The van der Waals surface area contributed by atoms with Crippen LogP contribution < -0.4 is 5.32 Å². The predicted octanol–water partition coefficient (Wildman–Crippen LogP) is 3.41. The molecule has 1 aliphatic heterocycles. The van der Waals surface area contributed by atoms with Gasteiger partial charge in [0.2, 0.25) is 0 Å². The highest BCUT2D eigenvalue weighted by molar-refractivity contribution is 5.52. The maximum absolute atomic E-state index is 4.65. The molecule has 0 aliphatic carbocycles. The largest absolute Gasteiger partial charge is 0.308 e. The van der Waals surface area contributed by atoms with Crippen LogP contribution in [0.5, 0.6) is 0 Å². The van der Waals surface area contributed by atoms with Gasteiger partial charge >= 0.3 is 0 Å². The van der Waals surface area contributed by atoms with Crippen LogP contribution in [0.3, 0.4) is 0 Å². The summed E-state index contributed by atoms with van der Waals surface area (Å²) in [5.41, 5.74) is 2.61. The summed E-state index contributed by atoms with van der Waals surface area (Å²) < 4.78 is 2.09. The molecule has 0 radical (unpaired) electrons. The summed E-state index contributed by atoms with van der Waals surface area (Å²) in [5.74, 6) is 2.51. The van der Waals surface area contributed by atoms with Gasteiger partial charge in [-0.3, -0.25) is 0 Å². The molecule has 1 aromatic carbocycles. The first kappa shape index (κ1) is 15.9. The van der Waals surface area contributed by atoms with Gasteiger partial charge < -0.3 is 5.32 Å². The molecule has 4 nitrogen and oxygen atoms in total. The van der Waals surface area contributed by atoms with E-state index in [0.717, 1.165) is 37.6 Å². The van der Waals surface area contributed by atoms with Crippen LogP contribution >= 0.6 is 0 Å². The maximum Gasteiger partial charge on any atom is 0.153 e. The van der Waals surface area contributed by atoms with Gasteiger partial charge in [0, 0.05) is 24.9 Å². The van der Waals surface area contributed by atoms with Crippen molar-refractivity contribution in [3.05, 3.63) is 53.1 Å². The minimum Gasteiger partial charge on any atom is -0.308 e. The Morgan fingerprint density at radius 3 is 2.87 bits per heavy atom. The molecule has 3 rings (SSSR count). The fraction of sp³-hybridized carbons (Fsp3) is 0.474. The number of aromatic nitrogens is 3. The van der Waals surface area contributed by atoms with Crippen LogP contribution in [0.4, 0.5) is 0 Å². The molecule has 1 unspecified atom stereocenters. The Kier molecular flexibility index (Phi) is 4.91. The molecule has 2 aromatic rings. The normalized spacial score (nSPS) is 18.3. The quantitative estimate of drug-likeness (QED) is 0.920. The summed E-state index contributed by atoms with van der Waals surface area (Å²) in [5, 5.41) is 8.31. The molecule has 1 aliphatic rings. The summed E-state index contributed by atoms with van der Waals surface area (Å²) >= 11 is 0. The van der Waals surface area contributed by atoms with E-state index in [2.05, 4.69) is 71.2 Å². The Morgan fingerprint density at radius 2 is 2.13 bits per heavy atom. The fourth-order valence-corrected chi connectivity index (χ4v) is 2.93. The second-order valence-electron chi connectivity index (χ2n) is 6.74. The third-order valence-electron chi connectivity index (χ3n) is 4.27. The Labute approximate surface area is 138 Å². The van der Waals surface area contributed by atoms with Crippen LogP contribution in [0.25, 0.3) is 6.08 Å². The lowest BCUT2D eigenvalue weighted by Crippen LogP contribution is -2.38. The van der Waals surface area contributed by atoms with Gasteiger partial charge in [-0.15, -0.1) is 0 Å². The van der Waals surface area contributed by atoms with Gasteiger partial charge in [-0.05, 0) is 18.9 Å². The smallest absolute Gasteiger partial charge is 0.153 e. The van der Waals surface area contributed by atoms with Crippen molar-refractivity contribution in [2.75, 3.05) is 6.54 Å². The van der Waals surface area contributed by atoms with E-state index in [1.54, 1.807) is 0 Å². The van der Waals surface area contributed by atoms with Crippen LogP contribution in [0, 0.1) is 0 Å². The molecule has 0 spiro atoms. The topological polar surface area (TPSA) is 42.7 Å². The van der Waals surface area contributed by atoms with Crippen molar-refractivity contribution < 1.29 is 0 Å². The zero-order valence-corrected chi connectivity index (χ0v) is 14.3. The molecule has 122 valence electrons. The molecule has 0 fully saturated rings. The molecule has 4 heteroatoms. The summed E-state index contributed by atoms with van der Waals surface area (Å²) in [6, 6.07) is 11.0. The predicted molar refractivity (Wildman–Crippen MR) is 94.3 cm³/mol. The van der Waals surface area contributed by atoms with Gasteiger partial charge in [-0.1, -0.05) is 55.8 Å². The van der Waals surface area contributed by atoms with Gasteiger partial charge in [0.05, 0.1) is 6.54 Å². The van der Waals surface area contributed by atoms with Crippen molar-refractivity contribution >= 4 is 6.08 Å². The Balaban J connectivity index is 1.56. The molecule has 0 saturated carbocycles. The molecule has 1 aromatic heterocycles. The molecule has 0 bridgehead atoms. The average molecular weight is 310 g/mol. The van der Waals surface area contributed by atoms with E-state index in [9.17, 15) is 0 Å². The minimum absolute atomic E-state index is 0.399. The molecule has 2 heterocycles. The van der Waals surface area contributed by atoms with E-state index >= 15 is 0 Å².